The van der Waals surface area contributed by atoms with E-state index in [2.05, 4.69) is 10.6 Å². The van der Waals surface area contributed by atoms with Crippen LogP contribution in [-0.2, 0) is 14.4 Å². The molecule has 0 saturated carbocycles. The SMILES string of the molecule is CCCNC(=O)C(C)NC(=O)CC(C)(C)CC(=O)O. The summed E-state index contributed by atoms with van der Waals surface area (Å²) in [7, 11) is 0. The first-order valence-corrected chi connectivity index (χ1v) is 6.47. The number of hydrogen-bond acceptors (Lipinski definition) is 3. The Morgan fingerprint density at radius 1 is 1.21 bits per heavy atom. The fourth-order valence-corrected chi connectivity index (χ4v) is 1.67. The molecule has 0 fully saturated rings. The molecule has 0 aliphatic carbocycles. The number of nitrogens with one attached hydrogen (secondary N) is 2. The van der Waals surface area contributed by atoms with Crippen LogP contribution in [0.15, 0.2) is 0 Å². The van der Waals surface area contributed by atoms with Crippen LogP contribution in [0, 0.1) is 5.41 Å². The lowest BCUT2D eigenvalue weighted by Crippen LogP contribution is -2.45. The molecule has 0 heterocycles. The molecule has 3 N–H and O–H groups in total. The van der Waals surface area contributed by atoms with Gasteiger partial charge < -0.3 is 15.7 Å². The summed E-state index contributed by atoms with van der Waals surface area (Å²) in [5.41, 5.74) is -0.629. The van der Waals surface area contributed by atoms with E-state index >= 15 is 0 Å². The van der Waals surface area contributed by atoms with E-state index in [1.807, 2.05) is 6.92 Å². The molecule has 0 saturated heterocycles. The Labute approximate surface area is 113 Å². The standard InChI is InChI=1S/C13H24N2O4/c1-5-6-14-12(19)9(2)15-10(16)7-13(3,4)8-11(17)18/h9H,5-8H2,1-4H3,(H,14,19)(H,15,16)(H,17,18). The van der Waals surface area contributed by atoms with Gasteiger partial charge in [0.2, 0.25) is 11.8 Å². The maximum atomic E-state index is 11.7. The fourth-order valence-electron chi connectivity index (χ4n) is 1.67. The van der Waals surface area contributed by atoms with Gasteiger partial charge in [0.25, 0.3) is 0 Å². The van der Waals surface area contributed by atoms with Crippen molar-refractivity contribution in [2.24, 2.45) is 5.41 Å². The van der Waals surface area contributed by atoms with Crippen LogP contribution in [0.2, 0.25) is 0 Å². The second-order valence-electron chi connectivity index (χ2n) is 5.49. The Morgan fingerprint density at radius 2 is 1.79 bits per heavy atom. The first-order chi connectivity index (χ1) is 8.68. The predicted molar refractivity (Wildman–Crippen MR) is 71.6 cm³/mol. The van der Waals surface area contributed by atoms with Crippen LogP contribution in [-0.4, -0.2) is 35.5 Å². The fraction of sp³-hybridized carbons (Fsp3) is 0.769. The molecule has 6 heteroatoms. The topological polar surface area (TPSA) is 95.5 Å². The van der Waals surface area contributed by atoms with E-state index in [9.17, 15) is 14.4 Å². The summed E-state index contributed by atoms with van der Waals surface area (Å²) < 4.78 is 0. The minimum Gasteiger partial charge on any atom is -0.481 e. The average molecular weight is 272 g/mol. The van der Waals surface area contributed by atoms with Gasteiger partial charge in [-0.25, -0.2) is 0 Å². The monoisotopic (exact) mass is 272 g/mol. The normalized spacial score (nSPS) is 12.6. The maximum Gasteiger partial charge on any atom is 0.303 e. The number of aliphatic carboxylic acids is 1. The maximum absolute atomic E-state index is 11.7. The van der Waals surface area contributed by atoms with Crippen LogP contribution in [0.1, 0.15) is 47.0 Å². The third kappa shape index (κ3) is 8.18. The first kappa shape index (κ1) is 17.4. The highest BCUT2D eigenvalue weighted by molar-refractivity contribution is 5.87. The Hall–Kier alpha value is -1.59. The summed E-state index contributed by atoms with van der Waals surface area (Å²) in [5.74, 6) is -1.48. The van der Waals surface area contributed by atoms with Gasteiger partial charge in [-0.15, -0.1) is 0 Å². The van der Waals surface area contributed by atoms with Gasteiger partial charge in [0.05, 0.1) is 6.42 Å². The summed E-state index contributed by atoms with van der Waals surface area (Å²) in [4.78, 5) is 34.0. The lowest BCUT2D eigenvalue weighted by Gasteiger charge is -2.22. The molecule has 0 radical (unpaired) electrons. The van der Waals surface area contributed by atoms with Crippen molar-refractivity contribution in [2.45, 2.75) is 53.0 Å². The highest BCUT2D eigenvalue weighted by Gasteiger charge is 2.26. The van der Waals surface area contributed by atoms with Gasteiger partial charge in [0.1, 0.15) is 6.04 Å². The molecule has 1 atom stereocenters. The molecule has 0 spiro atoms. The molecular weight excluding hydrogens is 248 g/mol. The Bertz CT molecular complexity index is 340. The second kappa shape index (κ2) is 7.76. The minimum absolute atomic E-state index is 0.0741. The summed E-state index contributed by atoms with van der Waals surface area (Å²) in [6.07, 6.45) is 0.819. The van der Waals surface area contributed by atoms with Gasteiger partial charge in [-0.1, -0.05) is 20.8 Å². The molecule has 0 rings (SSSR count). The molecule has 0 aliphatic rings. The highest BCUT2D eigenvalue weighted by atomic mass is 16.4. The zero-order chi connectivity index (χ0) is 15.1. The molecule has 0 aliphatic heterocycles. The van der Waals surface area contributed by atoms with E-state index in [1.54, 1.807) is 20.8 Å². The third-order valence-electron chi connectivity index (χ3n) is 2.59. The van der Waals surface area contributed by atoms with Crippen molar-refractivity contribution in [2.75, 3.05) is 6.54 Å². The van der Waals surface area contributed by atoms with Crippen molar-refractivity contribution in [3.63, 3.8) is 0 Å². The molecule has 6 nitrogen and oxygen atoms in total. The van der Waals surface area contributed by atoms with Gasteiger partial charge in [0, 0.05) is 13.0 Å². The quantitative estimate of drug-likeness (QED) is 0.612. The van der Waals surface area contributed by atoms with Crippen molar-refractivity contribution in [3.05, 3.63) is 0 Å². The van der Waals surface area contributed by atoms with Gasteiger partial charge in [-0.3, -0.25) is 14.4 Å². The van der Waals surface area contributed by atoms with Crippen LogP contribution in [0.25, 0.3) is 0 Å². The molecule has 0 aromatic rings. The summed E-state index contributed by atoms with van der Waals surface area (Å²) in [6, 6.07) is -0.611. The van der Waals surface area contributed by atoms with Gasteiger partial charge in [0.15, 0.2) is 0 Å². The number of rotatable bonds is 8. The van der Waals surface area contributed by atoms with E-state index in [4.69, 9.17) is 5.11 Å². The Kier molecular flexibility index (Phi) is 7.11. The van der Waals surface area contributed by atoms with Crippen LogP contribution >= 0.6 is 0 Å². The minimum atomic E-state index is -0.938. The lowest BCUT2D eigenvalue weighted by atomic mass is 9.85. The van der Waals surface area contributed by atoms with Gasteiger partial charge >= 0.3 is 5.97 Å². The zero-order valence-electron chi connectivity index (χ0n) is 12.1. The molecule has 1 unspecified atom stereocenters. The van der Waals surface area contributed by atoms with Gasteiger partial charge in [-0.2, -0.15) is 0 Å². The van der Waals surface area contributed by atoms with Crippen molar-refractivity contribution < 1.29 is 19.5 Å². The number of carbonyl (C=O) groups excluding carboxylic acids is 2. The molecule has 2 amide bonds. The zero-order valence-corrected chi connectivity index (χ0v) is 12.1. The van der Waals surface area contributed by atoms with Crippen LogP contribution < -0.4 is 10.6 Å². The third-order valence-corrected chi connectivity index (χ3v) is 2.59. The van der Waals surface area contributed by atoms with Crippen molar-refractivity contribution >= 4 is 17.8 Å². The van der Waals surface area contributed by atoms with Crippen LogP contribution in [0.5, 0.6) is 0 Å². The van der Waals surface area contributed by atoms with E-state index in [-0.39, 0.29) is 24.7 Å². The number of carbonyl (C=O) groups is 3. The summed E-state index contributed by atoms with van der Waals surface area (Å²) >= 11 is 0. The Morgan fingerprint density at radius 3 is 2.26 bits per heavy atom. The number of carboxylic acids is 1. The van der Waals surface area contributed by atoms with E-state index in [0.29, 0.717) is 6.54 Å². The van der Waals surface area contributed by atoms with Gasteiger partial charge in [-0.05, 0) is 18.8 Å². The Balaban J connectivity index is 4.23. The van der Waals surface area contributed by atoms with Crippen molar-refractivity contribution in [1.82, 2.24) is 10.6 Å². The predicted octanol–water partition coefficient (Wildman–Crippen LogP) is 0.908. The molecule has 0 bridgehead atoms. The van der Waals surface area contributed by atoms with Crippen LogP contribution in [0.4, 0.5) is 0 Å². The molecule has 0 aromatic heterocycles. The molecular formula is C13H24N2O4. The molecule has 19 heavy (non-hydrogen) atoms. The number of hydrogen-bond donors (Lipinski definition) is 3. The van der Waals surface area contributed by atoms with Crippen molar-refractivity contribution in [1.29, 1.82) is 0 Å². The second-order valence-corrected chi connectivity index (χ2v) is 5.49. The summed E-state index contributed by atoms with van der Waals surface area (Å²) in [5, 5.41) is 14.0. The average Bonchev–Trinajstić information content (AvgIpc) is 2.22. The molecule has 110 valence electrons. The van der Waals surface area contributed by atoms with E-state index < -0.39 is 17.4 Å². The largest absolute Gasteiger partial charge is 0.481 e. The van der Waals surface area contributed by atoms with Crippen LogP contribution in [0.3, 0.4) is 0 Å². The van der Waals surface area contributed by atoms with E-state index in [0.717, 1.165) is 6.42 Å². The number of amides is 2. The summed E-state index contributed by atoms with van der Waals surface area (Å²) in [6.45, 7) is 7.54. The number of carboxylic acid groups (broad SMARTS) is 1. The highest BCUT2D eigenvalue weighted by Crippen LogP contribution is 2.24. The smallest absolute Gasteiger partial charge is 0.303 e. The van der Waals surface area contributed by atoms with Crippen molar-refractivity contribution in [3.8, 4) is 0 Å². The first-order valence-electron chi connectivity index (χ1n) is 6.47. The lowest BCUT2D eigenvalue weighted by molar-refractivity contribution is -0.140. The molecule has 0 aromatic carbocycles. The van der Waals surface area contributed by atoms with E-state index in [1.165, 1.54) is 0 Å².